The number of hydrogen-bond acceptors (Lipinski definition) is 7. The molecule has 0 saturated carbocycles. The molecule has 2 N–H and O–H groups in total. The summed E-state index contributed by atoms with van der Waals surface area (Å²) in [7, 11) is 3.10. The van der Waals surface area contributed by atoms with E-state index in [1.54, 1.807) is 32.4 Å². The largest absolute Gasteiger partial charge is 0.497 e. The Morgan fingerprint density at radius 1 is 1.21 bits per heavy atom. The van der Waals surface area contributed by atoms with Crippen LogP contribution in [-0.2, 0) is 0 Å². The van der Waals surface area contributed by atoms with Crippen molar-refractivity contribution in [2.24, 2.45) is 17.1 Å². The lowest BCUT2D eigenvalue weighted by Crippen LogP contribution is -2.48. The normalized spacial score (nSPS) is 23.1. The number of rotatable bonds is 4. The van der Waals surface area contributed by atoms with Crippen molar-refractivity contribution in [3.05, 3.63) is 46.7 Å². The van der Waals surface area contributed by atoms with Gasteiger partial charge in [-0.25, -0.2) is 0 Å². The highest BCUT2D eigenvalue weighted by molar-refractivity contribution is 5.61. The summed E-state index contributed by atoms with van der Waals surface area (Å²) in [5, 5.41) is 30.1. The maximum Gasteiger partial charge on any atom is 0.191 e. The summed E-state index contributed by atoms with van der Waals surface area (Å²) in [6, 6.07) is 11.8. The van der Waals surface area contributed by atoms with Crippen molar-refractivity contribution < 1.29 is 9.47 Å². The molecule has 1 aromatic rings. The number of nitrogens with zero attached hydrogens (tertiary/aromatic N) is 4. The highest BCUT2D eigenvalue weighted by Gasteiger charge is 2.55. The molecule has 0 saturated heterocycles. The minimum Gasteiger partial charge on any atom is -0.497 e. The fourth-order valence-corrected chi connectivity index (χ4v) is 4.42. The summed E-state index contributed by atoms with van der Waals surface area (Å²) in [6.45, 7) is 4.17. The molecule has 2 atom stereocenters. The van der Waals surface area contributed by atoms with Gasteiger partial charge in [0.1, 0.15) is 17.6 Å². The second kappa shape index (κ2) is 7.87. The second-order valence-corrected chi connectivity index (χ2v) is 7.14. The smallest absolute Gasteiger partial charge is 0.191 e. The van der Waals surface area contributed by atoms with E-state index in [0.717, 1.165) is 12.1 Å². The van der Waals surface area contributed by atoms with Crippen LogP contribution in [0.5, 0.6) is 11.5 Å². The lowest BCUT2D eigenvalue weighted by molar-refractivity contribution is 0.212. The molecule has 1 aromatic carbocycles. The first-order valence-electron chi connectivity index (χ1n) is 9.38. The molecule has 1 heterocycles. The molecule has 29 heavy (non-hydrogen) atoms. The first-order valence-corrected chi connectivity index (χ1v) is 9.38. The molecule has 7 heteroatoms. The van der Waals surface area contributed by atoms with Crippen molar-refractivity contribution in [2.75, 3.05) is 33.9 Å². The number of benzene rings is 1. The fraction of sp³-hybridized carbons (Fsp3) is 0.409. The Balaban J connectivity index is 2.37. The van der Waals surface area contributed by atoms with Crippen molar-refractivity contribution in [1.29, 1.82) is 15.8 Å². The van der Waals surface area contributed by atoms with E-state index in [0.29, 0.717) is 30.2 Å². The molecule has 0 aromatic heterocycles. The van der Waals surface area contributed by atoms with Gasteiger partial charge in [0.05, 0.1) is 37.6 Å². The predicted molar refractivity (Wildman–Crippen MR) is 106 cm³/mol. The van der Waals surface area contributed by atoms with Crippen LogP contribution in [0.15, 0.2) is 41.1 Å². The van der Waals surface area contributed by atoms with E-state index >= 15 is 0 Å². The first kappa shape index (κ1) is 20.3. The molecule has 0 fully saturated rings. The summed E-state index contributed by atoms with van der Waals surface area (Å²) in [6.07, 6.45) is 1.99. The Kier molecular flexibility index (Phi) is 5.50. The standard InChI is InChI=1S/C22H23N5O2/c1-4-27-8-7-15-17(10-23)21(26)22(12-24,13-25)20(18(15)11-27)16-9-14(28-2)5-6-19(16)29-3/h5-7,9,18,20H,4,8,11,26H2,1-3H3/t18-,20+/m0/s1. The molecule has 0 amide bonds. The van der Waals surface area contributed by atoms with Gasteiger partial charge in [0.25, 0.3) is 0 Å². The van der Waals surface area contributed by atoms with Crippen LogP contribution < -0.4 is 15.2 Å². The lowest BCUT2D eigenvalue weighted by Gasteiger charge is -2.45. The number of methoxy groups -OCH3 is 2. The molecule has 1 aliphatic heterocycles. The Bertz CT molecular complexity index is 991. The zero-order valence-electron chi connectivity index (χ0n) is 16.8. The molecular formula is C22H23N5O2. The number of hydrogen-bond donors (Lipinski definition) is 1. The quantitative estimate of drug-likeness (QED) is 0.840. The Hall–Kier alpha value is -3.47. The van der Waals surface area contributed by atoms with Crippen LogP contribution in [0, 0.1) is 45.3 Å². The van der Waals surface area contributed by atoms with Crippen molar-refractivity contribution >= 4 is 0 Å². The third-order valence-electron chi connectivity index (χ3n) is 5.96. The van der Waals surface area contributed by atoms with Crippen LogP contribution in [0.4, 0.5) is 0 Å². The lowest BCUT2D eigenvalue weighted by atomic mass is 9.58. The molecule has 148 valence electrons. The average molecular weight is 389 g/mol. The summed E-state index contributed by atoms with van der Waals surface area (Å²) < 4.78 is 11.0. The molecule has 0 spiro atoms. The van der Waals surface area contributed by atoms with Crippen LogP contribution in [0.25, 0.3) is 0 Å². The van der Waals surface area contributed by atoms with Gasteiger partial charge in [-0.1, -0.05) is 13.0 Å². The summed E-state index contributed by atoms with van der Waals surface area (Å²) in [5.74, 6) is 0.269. The van der Waals surface area contributed by atoms with E-state index in [1.165, 1.54) is 0 Å². The van der Waals surface area contributed by atoms with Gasteiger partial charge in [0.2, 0.25) is 0 Å². The fourth-order valence-electron chi connectivity index (χ4n) is 4.42. The number of nitrogens with two attached hydrogens (primary N) is 1. The van der Waals surface area contributed by atoms with Gasteiger partial charge in [-0.2, -0.15) is 15.8 Å². The highest BCUT2D eigenvalue weighted by Crippen LogP contribution is 2.56. The average Bonchev–Trinajstić information content (AvgIpc) is 2.77. The molecule has 1 aliphatic carbocycles. The Labute approximate surface area is 170 Å². The van der Waals surface area contributed by atoms with Crippen LogP contribution in [0.3, 0.4) is 0 Å². The van der Waals surface area contributed by atoms with Crippen LogP contribution in [0.1, 0.15) is 18.4 Å². The van der Waals surface area contributed by atoms with E-state index in [1.807, 2.05) is 6.08 Å². The van der Waals surface area contributed by atoms with Crippen molar-refractivity contribution in [2.45, 2.75) is 12.8 Å². The molecule has 2 aliphatic rings. The monoisotopic (exact) mass is 389 g/mol. The number of allylic oxidation sites excluding steroid dienone is 2. The Morgan fingerprint density at radius 3 is 2.48 bits per heavy atom. The summed E-state index contributed by atoms with van der Waals surface area (Å²) in [5.41, 5.74) is 6.36. The highest BCUT2D eigenvalue weighted by atomic mass is 16.5. The zero-order chi connectivity index (χ0) is 21.2. The van der Waals surface area contributed by atoms with Crippen LogP contribution >= 0.6 is 0 Å². The third-order valence-corrected chi connectivity index (χ3v) is 5.96. The number of likely N-dealkylation sites (N-methyl/N-ethyl adjacent to an activating group) is 1. The van der Waals surface area contributed by atoms with Gasteiger partial charge in [0.15, 0.2) is 5.41 Å². The number of nitriles is 3. The van der Waals surface area contributed by atoms with Crippen molar-refractivity contribution in [3.63, 3.8) is 0 Å². The van der Waals surface area contributed by atoms with Gasteiger partial charge in [-0.05, 0) is 30.3 Å². The molecule has 0 bridgehead atoms. The maximum absolute atomic E-state index is 10.2. The molecule has 0 radical (unpaired) electrons. The van der Waals surface area contributed by atoms with Gasteiger partial charge in [-0.15, -0.1) is 0 Å². The van der Waals surface area contributed by atoms with Crippen LogP contribution in [-0.4, -0.2) is 38.8 Å². The topological polar surface area (TPSA) is 119 Å². The van der Waals surface area contributed by atoms with Crippen molar-refractivity contribution in [3.8, 4) is 29.7 Å². The summed E-state index contributed by atoms with van der Waals surface area (Å²) >= 11 is 0. The van der Waals surface area contributed by atoms with E-state index < -0.39 is 11.3 Å². The SMILES string of the molecule is CCN1CC=C2C(C#N)=C(N)C(C#N)(C#N)[C@H](c3cc(OC)ccc3OC)[C@H]2C1. The molecular weight excluding hydrogens is 366 g/mol. The van der Waals surface area contributed by atoms with E-state index in [9.17, 15) is 15.8 Å². The number of fused-ring (bicyclic) bond motifs is 1. The van der Waals surface area contributed by atoms with Crippen molar-refractivity contribution in [1.82, 2.24) is 4.90 Å². The molecule has 0 unspecified atom stereocenters. The minimum atomic E-state index is -1.69. The van der Waals surface area contributed by atoms with Gasteiger partial charge < -0.3 is 15.2 Å². The Morgan fingerprint density at radius 2 is 1.93 bits per heavy atom. The van der Waals surface area contributed by atoms with Gasteiger partial charge in [-0.3, -0.25) is 4.90 Å². The third kappa shape index (κ3) is 2.99. The van der Waals surface area contributed by atoms with E-state index in [-0.39, 0.29) is 17.2 Å². The van der Waals surface area contributed by atoms with Crippen LogP contribution in [0.2, 0.25) is 0 Å². The minimum absolute atomic E-state index is 0.00678. The second-order valence-electron chi connectivity index (χ2n) is 7.14. The zero-order valence-corrected chi connectivity index (χ0v) is 16.8. The first-order chi connectivity index (χ1) is 14.0. The van der Waals surface area contributed by atoms with E-state index in [2.05, 4.69) is 30.0 Å². The predicted octanol–water partition coefficient (Wildman–Crippen LogP) is 2.45. The molecule has 3 rings (SSSR count). The number of ether oxygens (including phenoxy) is 2. The maximum atomic E-state index is 10.2. The van der Waals surface area contributed by atoms with E-state index in [4.69, 9.17) is 15.2 Å². The van der Waals surface area contributed by atoms with Gasteiger partial charge >= 0.3 is 0 Å². The molecule has 7 nitrogen and oxygen atoms in total. The summed E-state index contributed by atoms with van der Waals surface area (Å²) in [4.78, 5) is 2.21. The van der Waals surface area contributed by atoms with Gasteiger partial charge in [0, 0.05) is 30.5 Å².